The van der Waals surface area contributed by atoms with E-state index in [1.165, 1.54) is 19.5 Å². The van der Waals surface area contributed by atoms with E-state index in [4.69, 9.17) is 4.74 Å². The van der Waals surface area contributed by atoms with E-state index in [1.807, 2.05) is 0 Å². The van der Waals surface area contributed by atoms with Crippen LogP contribution in [0.3, 0.4) is 0 Å². The molecule has 0 aromatic carbocycles. The number of ether oxygens (including phenoxy) is 1. The van der Waals surface area contributed by atoms with Gasteiger partial charge in [-0.2, -0.15) is 0 Å². The number of hydrogen-bond acceptors (Lipinski definition) is 6. The average molecular weight is 271 g/mol. The third-order valence-corrected chi connectivity index (χ3v) is 4.55. The molecule has 7 nitrogen and oxygen atoms in total. The van der Waals surface area contributed by atoms with Crippen molar-refractivity contribution in [3.05, 3.63) is 18.1 Å². The molecule has 1 saturated heterocycles. The molecule has 0 bridgehead atoms. The Balaban J connectivity index is 2.10. The molecule has 2 heterocycles. The van der Waals surface area contributed by atoms with Crippen molar-refractivity contribution in [1.29, 1.82) is 0 Å². The molecule has 1 aliphatic rings. The molecule has 1 N–H and O–H groups in total. The summed E-state index contributed by atoms with van der Waals surface area (Å²) in [5.74, 6) is -0.854. The first-order valence-corrected chi connectivity index (χ1v) is 7.05. The minimum absolute atomic E-state index is 0.270. The van der Waals surface area contributed by atoms with Crippen LogP contribution in [0.25, 0.3) is 0 Å². The van der Waals surface area contributed by atoms with Gasteiger partial charge in [-0.3, -0.25) is 9.78 Å². The number of amides is 1. The Kier molecular flexibility index (Phi) is 3.07. The largest absolute Gasteiger partial charge is 0.366 e. The van der Waals surface area contributed by atoms with Gasteiger partial charge in [0.1, 0.15) is 0 Å². The van der Waals surface area contributed by atoms with Gasteiger partial charge in [-0.05, 0) is 6.92 Å². The first-order chi connectivity index (χ1) is 8.37. The summed E-state index contributed by atoms with van der Waals surface area (Å²) >= 11 is 0. The summed E-state index contributed by atoms with van der Waals surface area (Å²) in [5.41, 5.74) is -0.577. The van der Waals surface area contributed by atoms with Crippen LogP contribution in [0.1, 0.15) is 5.69 Å². The zero-order valence-corrected chi connectivity index (χ0v) is 10.8. The van der Waals surface area contributed by atoms with Crippen LogP contribution in [-0.2, 0) is 19.4 Å². The predicted molar refractivity (Wildman–Crippen MR) is 63.8 cm³/mol. The van der Waals surface area contributed by atoms with Crippen LogP contribution in [0.15, 0.2) is 12.4 Å². The van der Waals surface area contributed by atoms with E-state index >= 15 is 0 Å². The van der Waals surface area contributed by atoms with Crippen LogP contribution in [0.4, 0.5) is 5.82 Å². The van der Waals surface area contributed by atoms with Crippen molar-refractivity contribution >= 4 is 21.6 Å². The Hall–Kier alpha value is -1.54. The van der Waals surface area contributed by atoms with Gasteiger partial charge in [0.25, 0.3) is 5.91 Å². The van der Waals surface area contributed by atoms with E-state index in [0.717, 1.165) is 5.69 Å². The lowest BCUT2D eigenvalue weighted by molar-refractivity contribution is -0.134. The standard InChI is InChI=1S/C10H13N3O4S/c1-7-3-12-8(4-11-7)13-9(14)10(17-2)5-18(15,16)6-10/h3-4H,5-6H2,1-2H3,(H,12,13,14). The highest BCUT2D eigenvalue weighted by atomic mass is 32.2. The highest BCUT2D eigenvalue weighted by molar-refractivity contribution is 7.93. The number of anilines is 1. The minimum atomic E-state index is -3.17. The van der Waals surface area contributed by atoms with Gasteiger partial charge in [-0.15, -0.1) is 0 Å². The van der Waals surface area contributed by atoms with Crippen LogP contribution < -0.4 is 5.32 Å². The van der Waals surface area contributed by atoms with E-state index in [9.17, 15) is 13.2 Å². The summed E-state index contributed by atoms with van der Waals surface area (Å²) in [6.45, 7) is 1.77. The highest BCUT2D eigenvalue weighted by Gasteiger charge is 2.55. The molecular weight excluding hydrogens is 258 g/mol. The molecule has 0 radical (unpaired) electrons. The van der Waals surface area contributed by atoms with E-state index in [2.05, 4.69) is 15.3 Å². The van der Waals surface area contributed by atoms with E-state index in [0.29, 0.717) is 0 Å². The Morgan fingerprint density at radius 1 is 1.39 bits per heavy atom. The number of aryl methyl sites for hydroxylation is 1. The van der Waals surface area contributed by atoms with Gasteiger partial charge < -0.3 is 10.1 Å². The number of methoxy groups -OCH3 is 1. The molecule has 1 aliphatic heterocycles. The van der Waals surface area contributed by atoms with E-state index < -0.39 is 21.3 Å². The number of sulfone groups is 1. The highest BCUT2D eigenvalue weighted by Crippen LogP contribution is 2.28. The Morgan fingerprint density at radius 3 is 2.50 bits per heavy atom. The number of nitrogens with one attached hydrogen (secondary N) is 1. The van der Waals surface area contributed by atoms with Crippen molar-refractivity contribution < 1.29 is 17.9 Å². The Morgan fingerprint density at radius 2 is 2.06 bits per heavy atom. The fraction of sp³-hybridized carbons (Fsp3) is 0.500. The Bertz CT molecular complexity index is 555. The number of carbonyl (C=O) groups is 1. The number of hydrogen-bond donors (Lipinski definition) is 1. The monoisotopic (exact) mass is 271 g/mol. The summed E-state index contributed by atoms with van der Waals surface area (Å²) in [5, 5.41) is 2.50. The summed E-state index contributed by atoms with van der Waals surface area (Å²) in [6, 6.07) is 0. The molecule has 0 spiro atoms. The SMILES string of the molecule is COC1(C(=O)Nc2cnc(C)cn2)CS(=O)(=O)C1. The first kappa shape index (κ1) is 12.9. The third kappa shape index (κ3) is 2.34. The molecule has 98 valence electrons. The van der Waals surface area contributed by atoms with E-state index in [-0.39, 0.29) is 17.3 Å². The molecule has 1 fully saturated rings. The molecule has 0 aliphatic carbocycles. The van der Waals surface area contributed by atoms with Crippen molar-refractivity contribution in [2.45, 2.75) is 12.5 Å². The maximum Gasteiger partial charge on any atom is 0.259 e. The van der Waals surface area contributed by atoms with Gasteiger partial charge in [0.05, 0.1) is 29.6 Å². The van der Waals surface area contributed by atoms with Crippen molar-refractivity contribution in [3.63, 3.8) is 0 Å². The quantitative estimate of drug-likeness (QED) is 0.798. The molecule has 1 aromatic rings. The van der Waals surface area contributed by atoms with Crippen LogP contribution in [0.5, 0.6) is 0 Å². The summed E-state index contributed by atoms with van der Waals surface area (Å²) in [7, 11) is -1.85. The molecule has 1 amide bonds. The maximum atomic E-state index is 12.0. The van der Waals surface area contributed by atoms with Crippen molar-refractivity contribution in [2.24, 2.45) is 0 Å². The number of aromatic nitrogens is 2. The zero-order chi connectivity index (χ0) is 13.4. The second kappa shape index (κ2) is 4.29. The maximum absolute atomic E-state index is 12.0. The molecule has 1 aromatic heterocycles. The van der Waals surface area contributed by atoms with Gasteiger partial charge in [-0.1, -0.05) is 0 Å². The van der Waals surface area contributed by atoms with Gasteiger partial charge >= 0.3 is 0 Å². The van der Waals surface area contributed by atoms with Crippen molar-refractivity contribution in [2.75, 3.05) is 23.9 Å². The van der Waals surface area contributed by atoms with Gasteiger partial charge in [-0.25, -0.2) is 13.4 Å². The molecule has 0 atom stereocenters. The van der Waals surface area contributed by atoms with Gasteiger partial charge in [0.15, 0.2) is 21.3 Å². The average Bonchev–Trinajstić information content (AvgIpc) is 2.28. The van der Waals surface area contributed by atoms with Crippen LogP contribution in [0.2, 0.25) is 0 Å². The fourth-order valence-corrected chi connectivity index (χ4v) is 3.53. The van der Waals surface area contributed by atoms with Gasteiger partial charge in [0, 0.05) is 7.11 Å². The lowest BCUT2D eigenvalue weighted by Gasteiger charge is -2.37. The van der Waals surface area contributed by atoms with Crippen LogP contribution >= 0.6 is 0 Å². The van der Waals surface area contributed by atoms with E-state index in [1.54, 1.807) is 6.92 Å². The molecule has 18 heavy (non-hydrogen) atoms. The molecule has 0 saturated carbocycles. The lowest BCUT2D eigenvalue weighted by atomic mass is 10.1. The van der Waals surface area contributed by atoms with Crippen molar-refractivity contribution in [3.8, 4) is 0 Å². The topological polar surface area (TPSA) is 98.2 Å². The number of carbonyl (C=O) groups excluding carboxylic acids is 1. The molecule has 2 rings (SSSR count). The van der Waals surface area contributed by atoms with Crippen LogP contribution in [-0.4, -0.2) is 48.5 Å². The minimum Gasteiger partial charge on any atom is -0.366 e. The summed E-state index contributed by atoms with van der Waals surface area (Å²) < 4.78 is 27.4. The molecular formula is C10H13N3O4S. The summed E-state index contributed by atoms with van der Waals surface area (Å²) in [6.07, 6.45) is 2.91. The third-order valence-electron chi connectivity index (χ3n) is 2.73. The van der Waals surface area contributed by atoms with Crippen molar-refractivity contribution in [1.82, 2.24) is 9.97 Å². The fourth-order valence-electron chi connectivity index (χ4n) is 1.70. The molecule has 0 unspecified atom stereocenters. The second-order valence-corrected chi connectivity index (χ2v) is 6.29. The predicted octanol–water partition coefficient (Wildman–Crippen LogP) is -0.463. The zero-order valence-electron chi connectivity index (χ0n) is 10.0. The van der Waals surface area contributed by atoms with Crippen LogP contribution in [0, 0.1) is 6.92 Å². The Labute approximate surface area is 105 Å². The number of nitrogens with zero attached hydrogens (tertiary/aromatic N) is 2. The molecule has 8 heteroatoms. The smallest absolute Gasteiger partial charge is 0.259 e. The number of rotatable bonds is 3. The van der Waals surface area contributed by atoms with Gasteiger partial charge in [0.2, 0.25) is 0 Å². The normalized spacial score (nSPS) is 19.9. The summed E-state index contributed by atoms with van der Waals surface area (Å²) in [4.78, 5) is 19.9. The second-order valence-electron chi connectivity index (χ2n) is 4.23. The first-order valence-electron chi connectivity index (χ1n) is 5.23. The lowest BCUT2D eigenvalue weighted by Crippen LogP contribution is -2.63.